The molecule has 3 fully saturated rings. The lowest BCUT2D eigenvalue weighted by molar-refractivity contribution is -0.161. The molecular formula is C23H25ClN4O4S. The van der Waals surface area contributed by atoms with Crippen LogP contribution in [0.5, 0.6) is 0 Å². The van der Waals surface area contributed by atoms with Gasteiger partial charge in [0.05, 0.1) is 5.52 Å². The van der Waals surface area contributed by atoms with Crippen LogP contribution in [0.25, 0.3) is 10.9 Å². The number of carbonyl (C=O) groups excluding carboxylic acids is 2. The Morgan fingerprint density at radius 1 is 1.24 bits per heavy atom. The molecule has 1 aromatic carbocycles. The predicted molar refractivity (Wildman–Crippen MR) is 127 cm³/mol. The molecule has 4 heterocycles. The number of amides is 2. The van der Waals surface area contributed by atoms with Gasteiger partial charge in [-0.05, 0) is 51.0 Å². The van der Waals surface area contributed by atoms with Crippen LogP contribution in [0.3, 0.4) is 0 Å². The van der Waals surface area contributed by atoms with E-state index in [-0.39, 0.29) is 23.1 Å². The molecule has 1 unspecified atom stereocenters. The number of hydrogen-bond acceptors (Lipinski definition) is 6. The highest BCUT2D eigenvalue weighted by atomic mass is 35.5. The van der Waals surface area contributed by atoms with Crippen molar-refractivity contribution >= 4 is 57.7 Å². The molecule has 0 spiro atoms. The van der Waals surface area contributed by atoms with Gasteiger partial charge in [-0.1, -0.05) is 11.6 Å². The summed E-state index contributed by atoms with van der Waals surface area (Å²) in [5.74, 6) is -1.62. The Hall–Kier alpha value is -2.52. The van der Waals surface area contributed by atoms with Crippen molar-refractivity contribution < 1.29 is 19.5 Å². The quantitative estimate of drug-likeness (QED) is 0.638. The summed E-state index contributed by atoms with van der Waals surface area (Å²) in [6.07, 6.45) is 3.12. The molecular weight excluding hydrogens is 464 g/mol. The minimum Gasteiger partial charge on any atom is -0.480 e. The van der Waals surface area contributed by atoms with E-state index in [1.807, 2.05) is 38.1 Å². The third kappa shape index (κ3) is 3.71. The van der Waals surface area contributed by atoms with Gasteiger partial charge in [0.15, 0.2) is 0 Å². The zero-order valence-corrected chi connectivity index (χ0v) is 19.9. The number of β-lactam (4-membered cyclic amide) rings is 1. The lowest BCUT2D eigenvalue weighted by Gasteiger charge is -2.44. The molecule has 2 aromatic rings. The van der Waals surface area contributed by atoms with Crippen molar-refractivity contribution in [2.45, 2.75) is 48.9 Å². The second kappa shape index (κ2) is 8.06. The molecule has 0 aliphatic carbocycles. The number of rotatable bonds is 4. The molecule has 3 aliphatic heterocycles. The van der Waals surface area contributed by atoms with Crippen molar-refractivity contribution in [2.75, 3.05) is 18.0 Å². The van der Waals surface area contributed by atoms with Crippen LogP contribution in [0.4, 0.5) is 5.69 Å². The van der Waals surface area contributed by atoms with E-state index in [2.05, 4.69) is 15.2 Å². The number of hydrogen-bond donors (Lipinski definition) is 2. The number of piperidine rings is 1. The number of aliphatic carboxylic acids is 1. The summed E-state index contributed by atoms with van der Waals surface area (Å²) in [5.41, 5.74) is 1.91. The Morgan fingerprint density at radius 2 is 1.97 bits per heavy atom. The van der Waals surface area contributed by atoms with Crippen molar-refractivity contribution in [1.82, 2.24) is 15.2 Å². The standard InChI is InChI=1S/C23H25ClN4O4S/c1-23(2)18(22(31)32)28-20(30)17(21(28)33-23)26-19(29)12-6-9-27(10-7-12)16-5-8-25-15-11-13(24)3-4-14(15)16/h3-5,8,11-12,17-18,21H,6-7,9-10H2,1-2H3,(H,26,29)(H,31,32)/t17-,18+,21?/m1/s1. The van der Waals surface area contributed by atoms with Crippen LogP contribution < -0.4 is 10.2 Å². The predicted octanol–water partition coefficient (Wildman–Crippen LogP) is 2.74. The molecule has 8 nitrogen and oxygen atoms in total. The monoisotopic (exact) mass is 488 g/mol. The molecule has 3 atom stereocenters. The van der Waals surface area contributed by atoms with E-state index in [4.69, 9.17) is 11.6 Å². The molecule has 3 aliphatic rings. The van der Waals surface area contributed by atoms with E-state index in [0.717, 1.165) is 29.7 Å². The van der Waals surface area contributed by atoms with Crippen LogP contribution in [-0.4, -0.2) is 68.1 Å². The molecule has 174 valence electrons. The number of halogens is 1. The number of carboxylic acid groups (broad SMARTS) is 1. The fraction of sp³-hybridized carbons (Fsp3) is 0.478. The van der Waals surface area contributed by atoms with Gasteiger partial charge in [-0.3, -0.25) is 14.6 Å². The van der Waals surface area contributed by atoms with Crippen LogP contribution in [-0.2, 0) is 14.4 Å². The van der Waals surface area contributed by atoms with E-state index in [1.54, 1.807) is 6.20 Å². The molecule has 3 saturated heterocycles. The number of nitrogens with one attached hydrogen (secondary N) is 1. The summed E-state index contributed by atoms with van der Waals surface area (Å²) in [6, 6.07) is 6.12. The Labute approximate surface area is 200 Å². The summed E-state index contributed by atoms with van der Waals surface area (Å²) < 4.78 is -0.603. The van der Waals surface area contributed by atoms with E-state index >= 15 is 0 Å². The summed E-state index contributed by atoms with van der Waals surface area (Å²) in [6.45, 7) is 5.09. The fourth-order valence-corrected chi connectivity index (χ4v) is 6.97. The minimum atomic E-state index is -1.01. The second-order valence-corrected chi connectivity index (χ2v) is 11.5. The molecule has 0 bridgehead atoms. The molecule has 33 heavy (non-hydrogen) atoms. The summed E-state index contributed by atoms with van der Waals surface area (Å²) in [7, 11) is 0. The van der Waals surface area contributed by atoms with Crippen LogP contribution in [0, 0.1) is 5.92 Å². The zero-order chi connectivity index (χ0) is 23.5. The Balaban J connectivity index is 1.22. The van der Waals surface area contributed by atoms with Gasteiger partial charge in [-0.15, -0.1) is 11.8 Å². The number of aromatic nitrogens is 1. The summed E-state index contributed by atoms with van der Waals surface area (Å²) in [4.78, 5) is 45.3. The first-order valence-corrected chi connectivity index (χ1v) is 12.3. The third-order valence-corrected chi connectivity index (χ3v) is 8.67. The number of nitrogens with zero attached hydrogens (tertiary/aromatic N) is 3. The summed E-state index contributed by atoms with van der Waals surface area (Å²) in [5, 5.41) is 13.8. The van der Waals surface area contributed by atoms with Gasteiger partial charge in [0.2, 0.25) is 11.8 Å². The average molecular weight is 489 g/mol. The lowest BCUT2D eigenvalue weighted by atomic mass is 9.93. The van der Waals surface area contributed by atoms with E-state index in [1.165, 1.54) is 16.7 Å². The Morgan fingerprint density at radius 3 is 2.67 bits per heavy atom. The highest BCUT2D eigenvalue weighted by Gasteiger charge is 2.64. The van der Waals surface area contributed by atoms with E-state index in [0.29, 0.717) is 17.9 Å². The van der Waals surface area contributed by atoms with Crippen LogP contribution in [0.2, 0.25) is 5.02 Å². The molecule has 1 aromatic heterocycles. The van der Waals surface area contributed by atoms with E-state index in [9.17, 15) is 19.5 Å². The number of fused-ring (bicyclic) bond motifs is 2. The van der Waals surface area contributed by atoms with Crippen molar-refractivity contribution in [2.24, 2.45) is 5.92 Å². The molecule has 2 N–H and O–H groups in total. The number of carbonyl (C=O) groups is 3. The first-order valence-electron chi connectivity index (χ1n) is 11.0. The van der Waals surface area contributed by atoms with Gasteiger partial charge < -0.3 is 20.2 Å². The molecule has 2 amide bonds. The van der Waals surface area contributed by atoms with Gasteiger partial charge in [0.25, 0.3) is 0 Å². The number of carboxylic acids is 1. The maximum atomic E-state index is 13.0. The van der Waals surface area contributed by atoms with Crippen LogP contribution >= 0.6 is 23.4 Å². The molecule has 5 rings (SSSR count). The number of thioether (sulfide) groups is 1. The summed E-state index contributed by atoms with van der Waals surface area (Å²) >= 11 is 7.54. The first-order chi connectivity index (χ1) is 15.7. The van der Waals surface area contributed by atoms with Gasteiger partial charge >= 0.3 is 5.97 Å². The fourth-order valence-electron chi connectivity index (χ4n) is 5.18. The average Bonchev–Trinajstić information content (AvgIpc) is 3.04. The minimum absolute atomic E-state index is 0.129. The Kier molecular flexibility index (Phi) is 5.44. The van der Waals surface area contributed by atoms with Gasteiger partial charge in [-0.25, -0.2) is 4.79 Å². The van der Waals surface area contributed by atoms with Crippen LogP contribution in [0.15, 0.2) is 30.5 Å². The van der Waals surface area contributed by atoms with Crippen molar-refractivity contribution in [3.05, 3.63) is 35.5 Å². The number of benzene rings is 1. The topological polar surface area (TPSA) is 103 Å². The normalized spacial score (nSPS) is 26.8. The lowest BCUT2D eigenvalue weighted by Crippen LogP contribution is -2.71. The van der Waals surface area contributed by atoms with E-state index < -0.39 is 22.8 Å². The highest BCUT2D eigenvalue weighted by molar-refractivity contribution is 8.01. The van der Waals surface area contributed by atoms with Crippen molar-refractivity contribution in [3.8, 4) is 0 Å². The van der Waals surface area contributed by atoms with Gasteiger partial charge in [-0.2, -0.15) is 0 Å². The SMILES string of the molecule is CC1(C)SC2[C@H](NC(=O)C3CCN(c4ccnc5cc(Cl)ccc45)CC3)C(=O)N2[C@H]1C(=O)O. The van der Waals surface area contributed by atoms with Gasteiger partial charge in [0.1, 0.15) is 17.5 Å². The maximum absolute atomic E-state index is 13.0. The molecule has 0 radical (unpaired) electrons. The molecule has 0 saturated carbocycles. The largest absolute Gasteiger partial charge is 0.480 e. The first kappa shape index (κ1) is 22.3. The highest BCUT2D eigenvalue weighted by Crippen LogP contribution is 2.50. The number of anilines is 1. The van der Waals surface area contributed by atoms with Crippen molar-refractivity contribution in [3.63, 3.8) is 0 Å². The van der Waals surface area contributed by atoms with Gasteiger partial charge in [0, 0.05) is 46.0 Å². The second-order valence-electron chi connectivity index (χ2n) is 9.34. The van der Waals surface area contributed by atoms with Crippen LogP contribution in [0.1, 0.15) is 26.7 Å². The number of pyridine rings is 1. The third-order valence-electron chi connectivity index (χ3n) is 6.86. The maximum Gasteiger partial charge on any atom is 0.327 e. The zero-order valence-electron chi connectivity index (χ0n) is 18.3. The Bertz CT molecular complexity index is 1150. The van der Waals surface area contributed by atoms with Crippen molar-refractivity contribution in [1.29, 1.82) is 0 Å². The molecule has 10 heteroatoms. The smallest absolute Gasteiger partial charge is 0.327 e.